The van der Waals surface area contributed by atoms with Crippen LogP contribution in [0.3, 0.4) is 0 Å². The topological polar surface area (TPSA) is 50.8 Å². The van der Waals surface area contributed by atoms with Crippen molar-refractivity contribution < 1.29 is 14.3 Å². The number of esters is 1. The minimum absolute atomic E-state index is 0.197. The molecule has 2 aromatic rings. The Hall–Kier alpha value is -2.70. The van der Waals surface area contributed by atoms with Gasteiger partial charge in [-0.3, -0.25) is 4.90 Å². The van der Waals surface area contributed by atoms with Gasteiger partial charge in [0, 0.05) is 18.5 Å². The number of methoxy groups -OCH3 is 1. The summed E-state index contributed by atoms with van der Waals surface area (Å²) in [6, 6.07) is 17.4. The van der Waals surface area contributed by atoms with Gasteiger partial charge in [-0.25, -0.2) is 4.79 Å². The highest BCUT2D eigenvalue weighted by Crippen LogP contribution is 2.34. The molecule has 0 bridgehead atoms. The van der Waals surface area contributed by atoms with Crippen LogP contribution in [0, 0.1) is 6.92 Å². The van der Waals surface area contributed by atoms with Crippen LogP contribution in [0.2, 0.25) is 0 Å². The van der Waals surface area contributed by atoms with Gasteiger partial charge in [-0.2, -0.15) is 0 Å². The Morgan fingerprint density at radius 3 is 2.54 bits per heavy atom. The molecule has 1 aliphatic rings. The standard InChI is InChI=1S/C22H24N2O3S/c1-15-8-7-11-18(14-15)24-16(2)19(21(25)27-13-12-26-3)20(23-22(24)28)17-9-5-4-6-10-17/h4-11,14,20H,12-13H2,1-3H3,(H,23,28). The first-order valence-corrected chi connectivity index (χ1v) is 9.53. The molecule has 5 nitrogen and oxygen atoms in total. The van der Waals surface area contributed by atoms with Gasteiger partial charge in [-0.15, -0.1) is 0 Å². The van der Waals surface area contributed by atoms with Crippen molar-refractivity contribution in [3.05, 3.63) is 77.0 Å². The lowest BCUT2D eigenvalue weighted by atomic mass is 9.95. The van der Waals surface area contributed by atoms with E-state index in [1.807, 2.05) is 73.3 Å². The van der Waals surface area contributed by atoms with E-state index in [0.29, 0.717) is 17.3 Å². The fourth-order valence-electron chi connectivity index (χ4n) is 3.28. The highest BCUT2D eigenvalue weighted by atomic mass is 32.1. The number of anilines is 1. The molecule has 0 radical (unpaired) electrons. The number of hydrogen-bond acceptors (Lipinski definition) is 4. The third-order valence-electron chi connectivity index (χ3n) is 4.62. The number of carbonyl (C=O) groups is 1. The number of nitrogens with zero attached hydrogens (tertiary/aromatic N) is 1. The summed E-state index contributed by atoms with van der Waals surface area (Å²) in [7, 11) is 1.57. The molecule has 1 unspecified atom stereocenters. The van der Waals surface area contributed by atoms with E-state index < -0.39 is 0 Å². The van der Waals surface area contributed by atoms with E-state index in [-0.39, 0.29) is 18.6 Å². The zero-order valence-electron chi connectivity index (χ0n) is 16.3. The maximum atomic E-state index is 13.0. The smallest absolute Gasteiger partial charge is 0.338 e. The average Bonchev–Trinajstić information content (AvgIpc) is 2.68. The summed E-state index contributed by atoms with van der Waals surface area (Å²) in [4.78, 5) is 14.9. The van der Waals surface area contributed by atoms with Crippen LogP contribution >= 0.6 is 12.2 Å². The van der Waals surface area contributed by atoms with Gasteiger partial charge < -0.3 is 14.8 Å². The Balaban J connectivity index is 2.06. The Kier molecular flexibility index (Phi) is 6.44. The fraction of sp³-hybridized carbons (Fsp3) is 0.273. The van der Waals surface area contributed by atoms with Crippen molar-refractivity contribution in [2.24, 2.45) is 0 Å². The van der Waals surface area contributed by atoms with Crippen molar-refractivity contribution in [2.75, 3.05) is 25.2 Å². The highest BCUT2D eigenvalue weighted by molar-refractivity contribution is 7.80. The van der Waals surface area contributed by atoms with E-state index in [1.54, 1.807) is 7.11 Å². The molecule has 146 valence electrons. The van der Waals surface area contributed by atoms with E-state index in [1.165, 1.54) is 0 Å². The second-order valence-electron chi connectivity index (χ2n) is 6.60. The van der Waals surface area contributed by atoms with Crippen molar-refractivity contribution in [3.63, 3.8) is 0 Å². The molecule has 28 heavy (non-hydrogen) atoms. The van der Waals surface area contributed by atoms with Crippen LogP contribution in [0.5, 0.6) is 0 Å². The van der Waals surface area contributed by atoms with Gasteiger partial charge in [0.1, 0.15) is 6.61 Å². The lowest BCUT2D eigenvalue weighted by molar-refractivity contribution is -0.140. The number of thiocarbonyl (C=S) groups is 1. The van der Waals surface area contributed by atoms with Gasteiger partial charge in [0.15, 0.2) is 5.11 Å². The number of benzene rings is 2. The maximum absolute atomic E-state index is 13.0. The Morgan fingerprint density at radius 1 is 1.11 bits per heavy atom. The zero-order valence-corrected chi connectivity index (χ0v) is 17.1. The van der Waals surface area contributed by atoms with Crippen LogP contribution in [0.1, 0.15) is 24.1 Å². The molecule has 0 saturated heterocycles. The number of hydrogen-bond donors (Lipinski definition) is 1. The van der Waals surface area contributed by atoms with Crippen LogP contribution in [0.15, 0.2) is 65.9 Å². The average molecular weight is 397 g/mol. The van der Waals surface area contributed by atoms with Crippen molar-refractivity contribution >= 4 is 29.0 Å². The molecule has 0 fully saturated rings. The second-order valence-corrected chi connectivity index (χ2v) is 6.98. The number of rotatable bonds is 6. The minimum Gasteiger partial charge on any atom is -0.460 e. The first-order valence-electron chi connectivity index (χ1n) is 9.12. The molecule has 0 spiro atoms. The molecule has 0 saturated carbocycles. The number of nitrogens with one attached hydrogen (secondary N) is 1. The Bertz CT molecular complexity index is 896. The van der Waals surface area contributed by atoms with E-state index in [4.69, 9.17) is 21.7 Å². The molecule has 0 aromatic heterocycles. The van der Waals surface area contributed by atoms with Crippen molar-refractivity contribution in [1.29, 1.82) is 0 Å². The van der Waals surface area contributed by atoms with Crippen molar-refractivity contribution in [3.8, 4) is 0 Å². The number of allylic oxidation sites excluding steroid dienone is 1. The van der Waals surface area contributed by atoms with Crippen molar-refractivity contribution in [2.45, 2.75) is 19.9 Å². The van der Waals surface area contributed by atoms with E-state index in [0.717, 1.165) is 22.5 Å². The molecule has 1 N–H and O–H groups in total. The number of ether oxygens (including phenoxy) is 2. The van der Waals surface area contributed by atoms with E-state index in [9.17, 15) is 4.79 Å². The van der Waals surface area contributed by atoms with Crippen LogP contribution in [0.4, 0.5) is 5.69 Å². The first-order chi connectivity index (χ1) is 13.5. The summed E-state index contributed by atoms with van der Waals surface area (Å²) >= 11 is 5.66. The quantitative estimate of drug-likeness (QED) is 0.454. The molecule has 6 heteroatoms. The molecule has 0 amide bonds. The fourth-order valence-corrected chi connectivity index (χ4v) is 3.64. The summed E-state index contributed by atoms with van der Waals surface area (Å²) < 4.78 is 10.5. The molecule has 0 aliphatic carbocycles. The molecule has 1 heterocycles. The van der Waals surface area contributed by atoms with Crippen LogP contribution < -0.4 is 10.2 Å². The summed E-state index contributed by atoms with van der Waals surface area (Å²) in [6.07, 6.45) is 0. The normalized spacial score (nSPS) is 16.8. The predicted octanol–water partition coefficient (Wildman–Crippen LogP) is 3.89. The van der Waals surface area contributed by atoms with Crippen LogP contribution in [-0.4, -0.2) is 31.4 Å². The zero-order chi connectivity index (χ0) is 20.1. The third-order valence-corrected chi connectivity index (χ3v) is 4.92. The van der Waals surface area contributed by atoms with Crippen LogP contribution in [-0.2, 0) is 14.3 Å². The van der Waals surface area contributed by atoms with Gasteiger partial charge in [-0.1, -0.05) is 42.5 Å². The molecular weight excluding hydrogens is 372 g/mol. The van der Waals surface area contributed by atoms with E-state index in [2.05, 4.69) is 5.32 Å². The van der Waals surface area contributed by atoms with E-state index >= 15 is 0 Å². The van der Waals surface area contributed by atoms with Crippen LogP contribution in [0.25, 0.3) is 0 Å². The van der Waals surface area contributed by atoms with Gasteiger partial charge in [0.05, 0.1) is 18.2 Å². The lowest BCUT2D eigenvalue weighted by Crippen LogP contribution is -2.48. The highest BCUT2D eigenvalue weighted by Gasteiger charge is 2.35. The molecule has 1 aliphatic heterocycles. The monoisotopic (exact) mass is 396 g/mol. The predicted molar refractivity (Wildman–Crippen MR) is 114 cm³/mol. The van der Waals surface area contributed by atoms with Crippen molar-refractivity contribution in [1.82, 2.24) is 5.32 Å². The molecule has 2 aromatic carbocycles. The van der Waals surface area contributed by atoms with Gasteiger partial charge >= 0.3 is 5.97 Å². The largest absolute Gasteiger partial charge is 0.460 e. The first kappa shape index (κ1) is 20.0. The second kappa shape index (κ2) is 8.99. The third kappa shape index (κ3) is 4.24. The minimum atomic E-state index is -0.379. The maximum Gasteiger partial charge on any atom is 0.338 e. The summed E-state index contributed by atoms with van der Waals surface area (Å²) in [5, 5.41) is 3.87. The summed E-state index contributed by atoms with van der Waals surface area (Å²) in [5.74, 6) is -0.379. The number of carbonyl (C=O) groups excluding carboxylic acids is 1. The molecule has 3 rings (SSSR count). The SMILES string of the molecule is COCCOC(=O)C1=C(C)N(c2cccc(C)c2)C(=S)NC1c1ccccc1. The summed E-state index contributed by atoms with van der Waals surface area (Å²) in [6.45, 7) is 4.47. The van der Waals surface area contributed by atoms with Gasteiger partial charge in [-0.05, 0) is 49.3 Å². The van der Waals surface area contributed by atoms with Gasteiger partial charge in [0.25, 0.3) is 0 Å². The summed E-state index contributed by atoms with van der Waals surface area (Å²) in [5.41, 5.74) is 4.26. The number of aryl methyl sites for hydroxylation is 1. The lowest BCUT2D eigenvalue weighted by Gasteiger charge is -2.37. The van der Waals surface area contributed by atoms with Gasteiger partial charge in [0.2, 0.25) is 0 Å². The molecular formula is C22H24N2O3S. The Labute approximate surface area is 170 Å². The Morgan fingerprint density at radius 2 is 1.86 bits per heavy atom. The molecule has 1 atom stereocenters.